The van der Waals surface area contributed by atoms with Gasteiger partial charge in [-0.05, 0) is 35.9 Å². The van der Waals surface area contributed by atoms with Gasteiger partial charge < -0.3 is 0 Å². The molecular formula is C14H8Br3FO. The highest BCUT2D eigenvalue weighted by Crippen LogP contribution is 2.24. The molecule has 0 saturated heterocycles. The van der Waals surface area contributed by atoms with Gasteiger partial charge in [-0.15, -0.1) is 0 Å². The van der Waals surface area contributed by atoms with Crippen LogP contribution in [-0.2, 0) is 6.42 Å². The number of benzene rings is 2. The molecule has 0 aromatic heterocycles. The van der Waals surface area contributed by atoms with Crippen molar-refractivity contribution in [1.82, 2.24) is 0 Å². The highest BCUT2D eigenvalue weighted by Gasteiger charge is 2.13. The van der Waals surface area contributed by atoms with Crippen LogP contribution in [0.15, 0.2) is 49.8 Å². The van der Waals surface area contributed by atoms with Crippen molar-refractivity contribution in [3.63, 3.8) is 0 Å². The molecule has 0 fully saturated rings. The molecule has 5 heteroatoms. The van der Waals surface area contributed by atoms with Gasteiger partial charge >= 0.3 is 0 Å². The average Bonchev–Trinajstić information content (AvgIpc) is 2.32. The first kappa shape index (κ1) is 14.9. The molecule has 0 saturated carbocycles. The minimum atomic E-state index is -0.379. The summed E-state index contributed by atoms with van der Waals surface area (Å²) in [5.41, 5.74) is 0.938. The fraction of sp³-hybridized carbons (Fsp3) is 0.0714. The van der Waals surface area contributed by atoms with Crippen LogP contribution < -0.4 is 0 Å². The summed E-state index contributed by atoms with van der Waals surface area (Å²) in [6, 6.07) is 10.0. The highest BCUT2D eigenvalue weighted by molar-refractivity contribution is 9.11. The average molecular weight is 451 g/mol. The van der Waals surface area contributed by atoms with Crippen LogP contribution >= 0.6 is 47.8 Å². The monoisotopic (exact) mass is 448 g/mol. The van der Waals surface area contributed by atoms with Crippen LogP contribution in [0.3, 0.4) is 0 Å². The van der Waals surface area contributed by atoms with Crippen molar-refractivity contribution < 1.29 is 9.18 Å². The third kappa shape index (κ3) is 3.74. The van der Waals surface area contributed by atoms with Crippen LogP contribution in [0.5, 0.6) is 0 Å². The molecule has 0 heterocycles. The summed E-state index contributed by atoms with van der Waals surface area (Å²) in [5, 5.41) is 0. The lowest BCUT2D eigenvalue weighted by Gasteiger charge is -2.06. The molecule has 0 N–H and O–H groups in total. The van der Waals surface area contributed by atoms with Crippen LogP contribution in [0.1, 0.15) is 15.9 Å². The molecule has 0 bridgehead atoms. The predicted octanol–water partition coefficient (Wildman–Crippen LogP) is 5.54. The number of carbonyl (C=O) groups excluding carboxylic acids is 1. The van der Waals surface area contributed by atoms with E-state index in [2.05, 4.69) is 47.8 Å². The first-order valence-electron chi connectivity index (χ1n) is 5.39. The van der Waals surface area contributed by atoms with Crippen LogP contribution in [0.25, 0.3) is 0 Å². The number of carbonyl (C=O) groups is 1. The predicted molar refractivity (Wildman–Crippen MR) is 84.0 cm³/mol. The molecule has 98 valence electrons. The van der Waals surface area contributed by atoms with Crippen LogP contribution in [0.4, 0.5) is 4.39 Å². The smallest absolute Gasteiger partial charge is 0.168 e. The summed E-state index contributed by atoms with van der Waals surface area (Å²) in [6.07, 6.45) is 0.0410. The summed E-state index contributed by atoms with van der Waals surface area (Å²) in [7, 11) is 0. The number of rotatable bonds is 3. The van der Waals surface area contributed by atoms with Crippen molar-refractivity contribution >= 4 is 53.6 Å². The Labute approximate surface area is 135 Å². The van der Waals surface area contributed by atoms with Gasteiger partial charge in [0.15, 0.2) is 5.78 Å². The van der Waals surface area contributed by atoms with Gasteiger partial charge in [-0.25, -0.2) is 4.39 Å². The lowest BCUT2D eigenvalue weighted by atomic mass is 10.0. The van der Waals surface area contributed by atoms with E-state index in [-0.39, 0.29) is 18.0 Å². The Morgan fingerprint density at radius 1 is 1.00 bits per heavy atom. The fourth-order valence-corrected chi connectivity index (χ4v) is 3.25. The molecule has 0 aliphatic heterocycles. The SMILES string of the molecule is O=C(Cc1ccc(Br)cc1F)c1ccc(Br)cc1Br. The maximum atomic E-state index is 13.7. The number of halogens is 4. The van der Waals surface area contributed by atoms with E-state index in [1.807, 2.05) is 0 Å². The Hall–Kier alpha value is -0.520. The summed E-state index contributed by atoms with van der Waals surface area (Å²) >= 11 is 9.85. The Morgan fingerprint density at radius 3 is 2.26 bits per heavy atom. The molecular weight excluding hydrogens is 443 g/mol. The van der Waals surface area contributed by atoms with Gasteiger partial charge in [0.2, 0.25) is 0 Å². The topological polar surface area (TPSA) is 17.1 Å². The minimum absolute atomic E-state index is 0.0410. The van der Waals surface area contributed by atoms with Gasteiger partial charge in [-0.1, -0.05) is 53.9 Å². The van der Waals surface area contributed by atoms with E-state index in [1.54, 1.807) is 30.3 Å². The van der Waals surface area contributed by atoms with Gasteiger partial charge in [0.05, 0.1) is 0 Å². The molecule has 1 nitrogen and oxygen atoms in total. The zero-order valence-corrected chi connectivity index (χ0v) is 14.3. The molecule has 0 atom stereocenters. The van der Waals surface area contributed by atoms with E-state index < -0.39 is 0 Å². The standard InChI is InChI=1S/C14H8Br3FO/c15-9-3-4-11(12(17)6-9)14(19)5-8-1-2-10(16)7-13(8)18/h1-4,6-7H,5H2. The zero-order valence-electron chi connectivity index (χ0n) is 9.59. The Bertz CT molecular complexity index is 641. The van der Waals surface area contributed by atoms with Crippen molar-refractivity contribution in [3.8, 4) is 0 Å². The maximum Gasteiger partial charge on any atom is 0.168 e. The summed E-state index contributed by atoms with van der Waals surface area (Å²) in [4.78, 5) is 12.2. The molecule has 0 amide bonds. The highest BCUT2D eigenvalue weighted by atomic mass is 79.9. The second kappa shape index (κ2) is 6.29. The van der Waals surface area contributed by atoms with Gasteiger partial charge in [0.1, 0.15) is 5.82 Å². The van der Waals surface area contributed by atoms with Gasteiger partial charge in [0, 0.05) is 25.4 Å². The van der Waals surface area contributed by atoms with Crippen molar-refractivity contribution in [3.05, 3.63) is 66.8 Å². The number of hydrogen-bond acceptors (Lipinski definition) is 1. The lowest BCUT2D eigenvalue weighted by Crippen LogP contribution is -2.06. The van der Waals surface area contributed by atoms with Crippen molar-refractivity contribution in [1.29, 1.82) is 0 Å². The van der Waals surface area contributed by atoms with Crippen LogP contribution in [0, 0.1) is 5.82 Å². The van der Waals surface area contributed by atoms with E-state index in [4.69, 9.17) is 0 Å². The molecule has 0 unspecified atom stereocenters. The minimum Gasteiger partial charge on any atom is -0.294 e. The second-order valence-electron chi connectivity index (χ2n) is 3.96. The molecule has 2 rings (SSSR count). The normalized spacial score (nSPS) is 10.5. The lowest BCUT2D eigenvalue weighted by molar-refractivity contribution is 0.0991. The Kier molecular flexibility index (Phi) is 4.92. The number of ketones is 1. The molecule has 19 heavy (non-hydrogen) atoms. The summed E-state index contributed by atoms with van der Waals surface area (Å²) in [5.74, 6) is -0.503. The van der Waals surface area contributed by atoms with E-state index in [0.29, 0.717) is 20.1 Å². The Morgan fingerprint density at radius 2 is 1.63 bits per heavy atom. The summed E-state index contributed by atoms with van der Waals surface area (Å²) in [6.45, 7) is 0. The third-order valence-corrected chi connectivity index (χ3v) is 4.24. The molecule has 2 aromatic carbocycles. The van der Waals surface area contributed by atoms with Crippen molar-refractivity contribution in [2.75, 3.05) is 0 Å². The number of Topliss-reactive ketones (excluding diaryl/α,β-unsaturated/α-hetero) is 1. The molecule has 0 aliphatic rings. The van der Waals surface area contributed by atoms with E-state index in [9.17, 15) is 9.18 Å². The van der Waals surface area contributed by atoms with Gasteiger partial charge in [-0.2, -0.15) is 0 Å². The van der Waals surface area contributed by atoms with Crippen LogP contribution in [-0.4, -0.2) is 5.78 Å². The van der Waals surface area contributed by atoms with Crippen molar-refractivity contribution in [2.45, 2.75) is 6.42 Å². The first-order chi connectivity index (χ1) is 8.97. The van der Waals surface area contributed by atoms with E-state index in [0.717, 1.165) is 4.47 Å². The largest absolute Gasteiger partial charge is 0.294 e. The Balaban J connectivity index is 2.25. The molecule has 0 spiro atoms. The van der Waals surface area contributed by atoms with Crippen LogP contribution in [0.2, 0.25) is 0 Å². The second-order valence-corrected chi connectivity index (χ2v) is 6.65. The third-order valence-electron chi connectivity index (χ3n) is 2.60. The molecule has 0 radical (unpaired) electrons. The van der Waals surface area contributed by atoms with E-state index in [1.165, 1.54) is 6.07 Å². The zero-order chi connectivity index (χ0) is 14.0. The van der Waals surface area contributed by atoms with Crippen molar-refractivity contribution in [2.24, 2.45) is 0 Å². The number of hydrogen-bond donors (Lipinski definition) is 0. The molecule has 2 aromatic rings. The maximum absolute atomic E-state index is 13.7. The first-order valence-corrected chi connectivity index (χ1v) is 7.77. The van der Waals surface area contributed by atoms with Gasteiger partial charge in [-0.3, -0.25) is 4.79 Å². The fourth-order valence-electron chi connectivity index (χ4n) is 1.65. The quantitative estimate of drug-likeness (QED) is 0.561. The van der Waals surface area contributed by atoms with E-state index >= 15 is 0 Å². The van der Waals surface area contributed by atoms with Gasteiger partial charge in [0.25, 0.3) is 0 Å². The summed E-state index contributed by atoms with van der Waals surface area (Å²) < 4.78 is 15.9. The molecule has 0 aliphatic carbocycles.